The second-order valence-electron chi connectivity index (χ2n) is 4.78. The fraction of sp³-hybridized carbons (Fsp3) is 0.750. The lowest BCUT2D eigenvalue weighted by Crippen LogP contribution is -2.60. The maximum atomic E-state index is 12.2. The van der Waals surface area contributed by atoms with Gasteiger partial charge in [-0.3, -0.25) is 19.8 Å². The molecular formula is C12H18N2O3. The van der Waals surface area contributed by atoms with Gasteiger partial charge in [0.2, 0.25) is 11.8 Å². The van der Waals surface area contributed by atoms with Crippen molar-refractivity contribution in [2.75, 3.05) is 0 Å². The number of nitrogens with zero attached hydrogens (tertiary/aromatic N) is 1. The van der Waals surface area contributed by atoms with Crippen LogP contribution < -0.4 is 5.32 Å². The quantitative estimate of drug-likeness (QED) is 0.756. The van der Waals surface area contributed by atoms with Crippen LogP contribution in [-0.4, -0.2) is 28.8 Å². The molecule has 2 fully saturated rings. The average molecular weight is 238 g/mol. The highest BCUT2D eigenvalue weighted by atomic mass is 16.2. The molecule has 5 nitrogen and oxygen atoms in total. The maximum absolute atomic E-state index is 12.2. The lowest BCUT2D eigenvalue weighted by molar-refractivity contribution is -0.144. The van der Waals surface area contributed by atoms with Crippen molar-refractivity contribution in [3.63, 3.8) is 0 Å². The van der Waals surface area contributed by atoms with Crippen LogP contribution in [0.1, 0.15) is 45.4 Å². The van der Waals surface area contributed by atoms with Gasteiger partial charge in [0.25, 0.3) is 0 Å². The molecular weight excluding hydrogens is 220 g/mol. The summed E-state index contributed by atoms with van der Waals surface area (Å²) in [7, 11) is 0. The van der Waals surface area contributed by atoms with E-state index in [9.17, 15) is 14.4 Å². The van der Waals surface area contributed by atoms with E-state index < -0.39 is 17.9 Å². The minimum atomic E-state index is -0.668. The second-order valence-corrected chi connectivity index (χ2v) is 4.78. The Morgan fingerprint density at radius 2 is 1.88 bits per heavy atom. The van der Waals surface area contributed by atoms with Gasteiger partial charge in [-0.2, -0.15) is 0 Å². The van der Waals surface area contributed by atoms with E-state index >= 15 is 0 Å². The number of rotatable bonds is 3. The molecule has 1 unspecified atom stereocenters. The van der Waals surface area contributed by atoms with Crippen LogP contribution in [0.4, 0.5) is 4.79 Å². The van der Waals surface area contributed by atoms with Crippen LogP contribution in [0.5, 0.6) is 0 Å². The summed E-state index contributed by atoms with van der Waals surface area (Å²) in [6, 6.07) is -0.533. The third-order valence-corrected chi connectivity index (χ3v) is 3.57. The summed E-state index contributed by atoms with van der Waals surface area (Å²) in [6.07, 6.45) is 5.11. The summed E-state index contributed by atoms with van der Waals surface area (Å²) < 4.78 is 0. The number of carbonyl (C=O) groups is 3. The Labute approximate surface area is 101 Å². The van der Waals surface area contributed by atoms with Gasteiger partial charge in [-0.05, 0) is 19.3 Å². The molecule has 1 N–H and O–H groups in total. The minimum absolute atomic E-state index is 0.00467. The summed E-state index contributed by atoms with van der Waals surface area (Å²) in [5, 5.41) is 2.30. The Bertz CT molecular complexity index is 348. The molecule has 5 heteroatoms. The van der Waals surface area contributed by atoms with E-state index in [-0.39, 0.29) is 11.9 Å². The fourth-order valence-corrected chi connectivity index (χ4v) is 2.68. The minimum Gasteiger partial charge on any atom is -0.277 e. The maximum Gasteiger partial charge on any atom is 0.331 e. The Morgan fingerprint density at radius 3 is 2.47 bits per heavy atom. The number of amides is 4. The SMILES string of the molecule is CCCC1C(=O)NC(=O)N(C2CCCC2)C1=O. The normalized spacial score (nSPS) is 26.5. The smallest absolute Gasteiger partial charge is 0.277 e. The lowest BCUT2D eigenvalue weighted by atomic mass is 9.98. The van der Waals surface area contributed by atoms with E-state index in [4.69, 9.17) is 0 Å². The van der Waals surface area contributed by atoms with Crippen LogP contribution in [0.15, 0.2) is 0 Å². The Balaban J connectivity index is 2.16. The topological polar surface area (TPSA) is 66.5 Å². The van der Waals surface area contributed by atoms with Crippen molar-refractivity contribution in [2.24, 2.45) is 5.92 Å². The van der Waals surface area contributed by atoms with Crippen molar-refractivity contribution in [3.8, 4) is 0 Å². The molecule has 1 aliphatic carbocycles. The van der Waals surface area contributed by atoms with Crippen molar-refractivity contribution in [1.29, 1.82) is 0 Å². The number of urea groups is 1. The van der Waals surface area contributed by atoms with Crippen molar-refractivity contribution in [2.45, 2.75) is 51.5 Å². The molecule has 1 aliphatic heterocycles. The molecule has 0 aromatic rings. The number of hydrogen-bond donors (Lipinski definition) is 1. The second kappa shape index (κ2) is 4.85. The zero-order valence-corrected chi connectivity index (χ0v) is 10.1. The van der Waals surface area contributed by atoms with Gasteiger partial charge in [0.1, 0.15) is 5.92 Å². The number of nitrogens with one attached hydrogen (secondary N) is 1. The molecule has 1 saturated carbocycles. The summed E-state index contributed by atoms with van der Waals surface area (Å²) in [5.74, 6) is -1.40. The third-order valence-electron chi connectivity index (χ3n) is 3.57. The molecule has 0 aromatic carbocycles. The van der Waals surface area contributed by atoms with Gasteiger partial charge in [0, 0.05) is 6.04 Å². The van der Waals surface area contributed by atoms with Crippen LogP contribution in [-0.2, 0) is 9.59 Å². The number of barbiturate groups is 1. The number of hydrogen-bond acceptors (Lipinski definition) is 3. The van der Waals surface area contributed by atoms with Crippen molar-refractivity contribution in [3.05, 3.63) is 0 Å². The van der Waals surface area contributed by atoms with Gasteiger partial charge < -0.3 is 0 Å². The van der Waals surface area contributed by atoms with Gasteiger partial charge in [-0.25, -0.2) is 4.79 Å². The summed E-state index contributed by atoms with van der Waals surface area (Å²) >= 11 is 0. The molecule has 0 spiro atoms. The molecule has 0 bridgehead atoms. The molecule has 4 amide bonds. The number of imide groups is 2. The molecule has 94 valence electrons. The van der Waals surface area contributed by atoms with E-state index in [1.54, 1.807) is 0 Å². The monoisotopic (exact) mass is 238 g/mol. The van der Waals surface area contributed by atoms with Crippen LogP contribution in [0.3, 0.4) is 0 Å². The van der Waals surface area contributed by atoms with Gasteiger partial charge in [-0.1, -0.05) is 26.2 Å². The highest BCUT2D eigenvalue weighted by molar-refractivity contribution is 6.16. The molecule has 2 rings (SSSR count). The van der Waals surface area contributed by atoms with Crippen molar-refractivity contribution >= 4 is 17.8 Å². The first-order valence-electron chi connectivity index (χ1n) is 6.33. The predicted molar refractivity (Wildman–Crippen MR) is 61.0 cm³/mol. The standard InChI is InChI=1S/C12H18N2O3/c1-2-5-9-10(15)13-12(17)14(11(9)16)8-6-3-4-7-8/h8-9H,2-7H2,1H3,(H,13,15,17). The van der Waals surface area contributed by atoms with E-state index in [0.717, 1.165) is 32.1 Å². The molecule has 1 heterocycles. The molecule has 0 aromatic heterocycles. The fourth-order valence-electron chi connectivity index (χ4n) is 2.68. The van der Waals surface area contributed by atoms with Crippen molar-refractivity contribution in [1.82, 2.24) is 10.2 Å². The van der Waals surface area contributed by atoms with Crippen LogP contribution >= 0.6 is 0 Å². The highest BCUT2D eigenvalue weighted by Gasteiger charge is 2.43. The van der Waals surface area contributed by atoms with Gasteiger partial charge >= 0.3 is 6.03 Å². The average Bonchev–Trinajstić information content (AvgIpc) is 2.77. The largest absolute Gasteiger partial charge is 0.331 e. The van der Waals surface area contributed by atoms with E-state index in [1.807, 2.05) is 6.92 Å². The first-order valence-corrected chi connectivity index (χ1v) is 6.33. The zero-order chi connectivity index (χ0) is 12.4. The van der Waals surface area contributed by atoms with Crippen LogP contribution in [0, 0.1) is 5.92 Å². The molecule has 0 radical (unpaired) electrons. The first-order chi connectivity index (χ1) is 8.15. The van der Waals surface area contributed by atoms with Gasteiger partial charge in [0.05, 0.1) is 0 Å². The van der Waals surface area contributed by atoms with Gasteiger partial charge in [-0.15, -0.1) is 0 Å². The van der Waals surface area contributed by atoms with Crippen LogP contribution in [0.25, 0.3) is 0 Å². The molecule has 1 saturated heterocycles. The predicted octanol–water partition coefficient (Wildman–Crippen LogP) is 1.42. The summed E-state index contributed by atoms with van der Waals surface area (Å²) in [6.45, 7) is 1.93. The Morgan fingerprint density at radius 1 is 1.24 bits per heavy atom. The number of carbonyl (C=O) groups excluding carboxylic acids is 3. The molecule has 2 aliphatic rings. The molecule has 17 heavy (non-hydrogen) atoms. The third kappa shape index (κ3) is 2.18. The summed E-state index contributed by atoms with van der Waals surface area (Å²) in [4.78, 5) is 36.8. The van der Waals surface area contributed by atoms with E-state index in [0.29, 0.717) is 6.42 Å². The molecule has 1 atom stereocenters. The Hall–Kier alpha value is -1.39. The van der Waals surface area contributed by atoms with Crippen LogP contribution in [0.2, 0.25) is 0 Å². The summed E-state index contributed by atoms with van der Waals surface area (Å²) in [5.41, 5.74) is 0. The van der Waals surface area contributed by atoms with E-state index in [1.165, 1.54) is 4.90 Å². The lowest BCUT2D eigenvalue weighted by Gasteiger charge is -2.34. The highest BCUT2D eigenvalue weighted by Crippen LogP contribution is 2.27. The first kappa shape index (κ1) is 12.1. The van der Waals surface area contributed by atoms with Crippen molar-refractivity contribution < 1.29 is 14.4 Å². The van der Waals surface area contributed by atoms with E-state index in [2.05, 4.69) is 5.32 Å². The van der Waals surface area contributed by atoms with Gasteiger partial charge in [0.15, 0.2) is 0 Å². The zero-order valence-electron chi connectivity index (χ0n) is 10.1. The Kier molecular flexibility index (Phi) is 3.45.